The number of benzene rings is 1. The Morgan fingerprint density at radius 2 is 1.86 bits per heavy atom. The molecule has 0 saturated heterocycles. The molecule has 0 spiro atoms. The second-order valence-electron chi connectivity index (χ2n) is 6.01. The SMILES string of the molecule is CN(CCS(=O)(=O)c1ccccc1)CC1CCCCC1O. The van der Waals surface area contributed by atoms with E-state index in [9.17, 15) is 13.5 Å². The van der Waals surface area contributed by atoms with Gasteiger partial charge in [0.1, 0.15) is 0 Å². The van der Waals surface area contributed by atoms with Crippen LogP contribution in [-0.2, 0) is 9.84 Å². The van der Waals surface area contributed by atoms with E-state index in [-0.39, 0.29) is 17.8 Å². The lowest BCUT2D eigenvalue weighted by Gasteiger charge is -2.31. The third-order valence-electron chi connectivity index (χ3n) is 4.26. The van der Waals surface area contributed by atoms with Crippen molar-refractivity contribution in [1.82, 2.24) is 4.90 Å². The molecule has 2 atom stereocenters. The average Bonchev–Trinajstić information content (AvgIpc) is 2.49. The van der Waals surface area contributed by atoms with Gasteiger partial charge in [0.15, 0.2) is 9.84 Å². The van der Waals surface area contributed by atoms with Crippen molar-refractivity contribution in [2.75, 3.05) is 25.9 Å². The summed E-state index contributed by atoms with van der Waals surface area (Å²) in [6.07, 6.45) is 3.95. The molecule has 1 fully saturated rings. The lowest BCUT2D eigenvalue weighted by atomic mass is 9.86. The van der Waals surface area contributed by atoms with Crippen molar-refractivity contribution in [2.45, 2.75) is 36.7 Å². The maximum atomic E-state index is 12.2. The molecule has 0 bridgehead atoms. The summed E-state index contributed by atoms with van der Waals surface area (Å²) >= 11 is 0. The minimum absolute atomic E-state index is 0.121. The zero-order chi connectivity index (χ0) is 15.3. The first-order valence-corrected chi connectivity index (χ1v) is 9.29. The predicted octanol–water partition coefficient (Wildman–Crippen LogP) is 1.94. The predicted molar refractivity (Wildman–Crippen MR) is 84.0 cm³/mol. The summed E-state index contributed by atoms with van der Waals surface area (Å²) in [6, 6.07) is 8.58. The van der Waals surface area contributed by atoms with E-state index in [1.807, 2.05) is 18.0 Å². The van der Waals surface area contributed by atoms with Crippen molar-refractivity contribution >= 4 is 9.84 Å². The highest BCUT2D eigenvalue weighted by molar-refractivity contribution is 7.91. The normalized spacial score (nSPS) is 23.4. The molecule has 21 heavy (non-hydrogen) atoms. The molecule has 0 radical (unpaired) electrons. The Morgan fingerprint density at radius 3 is 2.52 bits per heavy atom. The van der Waals surface area contributed by atoms with Crippen molar-refractivity contribution in [1.29, 1.82) is 0 Å². The van der Waals surface area contributed by atoms with Gasteiger partial charge in [-0.3, -0.25) is 0 Å². The van der Waals surface area contributed by atoms with E-state index in [0.29, 0.717) is 11.4 Å². The fourth-order valence-electron chi connectivity index (χ4n) is 2.91. The maximum Gasteiger partial charge on any atom is 0.179 e. The molecular weight excluding hydrogens is 286 g/mol. The van der Waals surface area contributed by atoms with E-state index in [2.05, 4.69) is 0 Å². The minimum atomic E-state index is -3.21. The van der Waals surface area contributed by atoms with Gasteiger partial charge >= 0.3 is 0 Å². The van der Waals surface area contributed by atoms with E-state index >= 15 is 0 Å². The molecule has 0 heterocycles. The molecule has 118 valence electrons. The van der Waals surface area contributed by atoms with Crippen LogP contribution in [0.2, 0.25) is 0 Å². The number of hydrogen-bond acceptors (Lipinski definition) is 4. The molecule has 1 aliphatic carbocycles. The largest absolute Gasteiger partial charge is 0.393 e. The molecule has 1 aromatic rings. The summed E-state index contributed by atoms with van der Waals surface area (Å²) in [4.78, 5) is 2.41. The lowest BCUT2D eigenvalue weighted by molar-refractivity contribution is 0.0525. The van der Waals surface area contributed by atoms with Crippen molar-refractivity contribution in [3.63, 3.8) is 0 Å². The van der Waals surface area contributed by atoms with E-state index in [0.717, 1.165) is 32.2 Å². The Bertz CT molecular complexity index is 530. The van der Waals surface area contributed by atoms with Crippen LogP contribution in [0.25, 0.3) is 0 Å². The van der Waals surface area contributed by atoms with Gasteiger partial charge in [-0.1, -0.05) is 31.0 Å². The molecule has 1 aliphatic rings. The topological polar surface area (TPSA) is 57.6 Å². The monoisotopic (exact) mass is 311 g/mol. The summed E-state index contributed by atoms with van der Waals surface area (Å²) in [6.45, 7) is 1.27. The Labute approximate surface area is 127 Å². The van der Waals surface area contributed by atoms with Gasteiger partial charge in [-0.25, -0.2) is 8.42 Å². The third-order valence-corrected chi connectivity index (χ3v) is 5.97. The van der Waals surface area contributed by atoms with Crippen LogP contribution in [0.15, 0.2) is 35.2 Å². The number of sulfone groups is 1. The summed E-state index contributed by atoms with van der Waals surface area (Å²) in [5.74, 6) is 0.402. The Kier molecular flexibility index (Phi) is 5.79. The van der Waals surface area contributed by atoms with Gasteiger partial charge in [-0.15, -0.1) is 0 Å². The minimum Gasteiger partial charge on any atom is -0.393 e. The van der Waals surface area contributed by atoms with Crippen LogP contribution in [0.3, 0.4) is 0 Å². The number of nitrogens with zero attached hydrogens (tertiary/aromatic N) is 1. The van der Waals surface area contributed by atoms with Crippen molar-refractivity contribution < 1.29 is 13.5 Å². The second-order valence-corrected chi connectivity index (χ2v) is 8.12. The van der Waals surface area contributed by atoms with Gasteiger partial charge in [-0.05, 0) is 37.9 Å². The summed E-state index contributed by atoms with van der Waals surface area (Å²) in [5.41, 5.74) is 0. The van der Waals surface area contributed by atoms with Crippen LogP contribution in [0, 0.1) is 5.92 Å². The number of aliphatic hydroxyl groups is 1. The molecule has 1 saturated carbocycles. The molecule has 2 unspecified atom stereocenters. The van der Waals surface area contributed by atoms with Gasteiger partial charge in [0, 0.05) is 13.1 Å². The van der Waals surface area contributed by atoms with E-state index in [1.54, 1.807) is 24.3 Å². The average molecular weight is 311 g/mol. The fraction of sp³-hybridized carbons (Fsp3) is 0.625. The molecule has 1 N–H and O–H groups in total. The summed E-state index contributed by atoms with van der Waals surface area (Å²) in [5, 5.41) is 9.98. The van der Waals surface area contributed by atoms with E-state index < -0.39 is 9.84 Å². The van der Waals surface area contributed by atoms with Gasteiger partial charge in [-0.2, -0.15) is 0 Å². The first-order chi connectivity index (χ1) is 9.99. The molecule has 0 aliphatic heterocycles. The molecule has 5 heteroatoms. The number of aliphatic hydroxyl groups excluding tert-OH is 1. The first-order valence-electron chi connectivity index (χ1n) is 7.63. The Balaban J connectivity index is 1.84. The number of hydrogen-bond donors (Lipinski definition) is 1. The number of rotatable bonds is 6. The van der Waals surface area contributed by atoms with Gasteiger partial charge in [0.05, 0.1) is 16.8 Å². The van der Waals surface area contributed by atoms with Crippen molar-refractivity contribution in [2.24, 2.45) is 5.92 Å². The van der Waals surface area contributed by atoms with Gasteiger partial charge in [0.2, 0.25) is 0 Å². The smallest absolute Gasteiger partial charge is 0.179 e. The molecule has 2 rings (SSSR count). The van der Waals surface area contributed by atoms with E-state index in [1.165, 1.54) is 0 Å². The van der Waals surface area contributed by atoms with Crippen LogP contribution in [0.1, 0.15) is 25.7 Å². The van der Waals surface area contributed by atoms with Gasteiger partial charge < -0.3 is 10.0 Å². The van der Waals surface area contributed by atoms with Crippen molar-refractivity contribution in [3.05, 3.63) is 30.3 Å². The van der Waals surface area contributed by atoms with Crippen LogP contribution in [-0.4, -0.2) is 50.4 Å². The molecule has 1 aromatic carbocycles. The third kappa shape index (κ3) is 4.80. The van der Waals surface area contributed by atoms with Crippen LogP contribution >= 0.6 is 0 Å². The van der Waals surface area contributed by atoms with Crippen LogP contribution in [0.4, 0.5) is 0 Å². The molecule has 0 amide bonds. The zero-order valence-corrected chi connectivity index (χ0v) is 13.4. The van der Waals surface area contributed by atoms with E-state index in [4.69, 9.17) is 0 Å². The molecule has 4 nitrogen and oxygen atoms in total. The summed E-state index contributed by atoms with van der Waals surface area (Å²) < 4.78 is 24.4. The first kappa shape index (κ1) is 16.5. The fourth-order valence-corrected chi connectivity index (χ4v) is 4.27. The second kappa shape index (κ2) is 7.38. The highest BCUT2D eigenvalue weighted by Crippen LogP contribution is 2.24. The maximum absolute atomic E-state index is 12.2. The van der Waals surface area contributed by atoms with Crippen LogP contribution < -0.4 is 0 Å². The molecule has 0 aromatic heterocycles. The standard InChI is InChI=1S/C16H25NO3S/c1-17(13-14-7-5-6-10-16(14)18)11-12-21(19,20)15-8-3-2-4-9-15/h2-4,8-9,14,16,18H,5-7,10-13H2,1H3. The lowest BCUT2D eigenvalue weighted by Crippen LogP contribution is -2.37. The summed E-state index contributed by atoms with van der Waals surface area (Å²) in [7, 11) is -1.28. The quantitative estimate of drug-likeness (QED) is 0.872. The van der Waals surface area contributed by atoms with Crippen LogP contribution in [0.5, 0.6) is 0 Å². The molecular formula is C16H25NO3S. The highest BCUT2D eigenvalue weighted by Gasteiger charge is 2.24. The van der Waals surface area contributed by atoms with Gasteiger partial charge in [0.25, 0.3) is 0 Å². The highest BCUT2D eigenvalue weighted by atomic mass is 32.2. The zero-order valence-electron chi connectivity index (χ0n) is 12.6. The Hall–Kier alpha value is -0.910. The Morgan fingerprint density at radius 1 is 1.19 bits per heavy atom. The van der Waals surface area contributed by atoms with Crippen molar-refractivity contribution in [3.8, 4) is 0 Å².